The molecule has 1 heteroatoms. The lowest BCUT2D eigenvalue weighted by molar-refractivity contribution is 0.169. The molecule has 0 heterocycles. The maximum absolute atomic E-state index is 9.45. The van der Waals surface area contributed by atoms with Gasteiger partial charge in [0.1, 0.15) is 0 Å². The Morgan fingerprint density at radius 3 is 2.50 bits per heavy atom. The quantitative estimate of drug-likeness (QED) is 0.760. The van der Waals surface area contributed by atoms with Crippen LogP contribution >= 0.6 is 0 Å². The molecule has 1 fully saturated rings. The van der Waals surface area contributed by atoms with Crippen LogP contribution in [0.3, 0.4) is 0 Å². The minimum absolute atomic E-state index is 0.151. The van der Waals surface area contributed by atoms with Gasteiger partial charge < -0.3 is 5.11 Å². The van der Waals surface area contributed by atoms with Gasteiger partial charge >= 0.3 is 0 Å². The van der Waals surface area contributed by atoms with Crippen molar-refractivity contribution in [1.82, 2.24) is 0 Å². The van der Waals surface area contributed by atoms with E-state index in [9.17, 15) is 5.11 Å². The summed E-state index contributed by atoms with van der Waals surface area (Å²) in [5, 5.41) is 9.45. The average molecular weight is 190 g/mol. The summed E-state index contributed by atoms with van der Waals surface area (Å²) in [7, 11) is 0. The highest BCUT2D eigenvalue weighted by Gasteiger charge is 2.41. The fourth-order valence-corrected chi connectivity index (χ4v) is 2.13. The molecule has 1 aliphatic carbocycles. The molecule has 76 valence electrons. The van der Waals surface area contributed by atoms with E-state index < -0.39 is 0 Å². The fourth-order valence-electron chi connectivity index (χ4n) is 2.13. The molecule has 0 amide bonds. The van der Waals surface area contributed by atoms with Crippen molar-refractivity contribution in [3.63, 3.8) is 0 Å². The first-order valence-corrected chi connectivity index (χ1v) is 5.35. The maximum atomic E-state index is 9.45. The summed E-state index contributed by atoms with van der Waals surface area (Å²) in [5.41, 5.74) is 4.11. The number of aryl methyl sites for hydroxylation is 2. The smallest absolute Gasteiger partial charge is 0.0546 e. The van der Waals surface area contributed by atoms with Gasteiger partial charge in [-0.05, 0) is 55.7 Å². The van der Waals surface area contributed by atoms with Crippen LogP contribution in [0.1, 0.15) is 36.0 Å². The molecule has 0 aromatic heterocycles. The van der Waals surface area contributed by atoms with Crippen LogP contribution in [-0.2, 0) is 0 Å². The van der Waals surface area contributed by atoms with Crippen LogP contribution in [0.2, 0.25) is 0 Å². The van der Waals surface area contributed by atoms with E-state index in [2.05, 4.69) is 32.0 Å². The zero-order valence-corrected chi connectivity index (χ0v) is 9.12. The van der Waals surface area contributed by atoms with Crippen LogP contribution in [0, 0.1) is 19.8 Å². The Balaban J connectivity index is 2.16. The Labute approximate surface area is 85.8 Å². The van der Waals surface area contributed by atoms with Gasteiger partial charge in [-0.1, -0.05) is 18.2 Å². The van der Waals surface area contributed by atoms with Crippen LogP contribution in [0.5, 0.6) is 0 Å². The molecule has 1 aromatic carbocycles. The normalized spacial score (nSPS) is 27.4. The Morgan fingerprint density at radius 1 is 1.29 bits per heavy atom. The Kier molecular flexibility index (Phi) is 2.36. The first kappa shape index (κ1) is 9.72. The van der Waals surface area contributed by atoms with E-state index in [4.69, 9.17) is 0 Å². The summed E-state index contributed by atoms with van der Waals surface area (Å²) in [4.78, 5) is 0. The second-order valence-corrected chi connectivity index (χ2v) is 4.59. The largest absolute Gasteiger partial charge is 0.393 e. The highest BCUT2D eigenvalue weighted by molar-refractivity contribution is 5.34. The highest BCUT2D eigenvalue weighted by Crippen LogP contribution is 2.49. The van der Waals surface area contributed by atoms with Crippen LogP contribution in [0.15, 0.2) is 18.2 Å². The molecule has 0 radical (unpaired) electrons. The van der Waals surface area contributed by atoms with Crippen LogP contribution in [0.4, 0.5) is 0 Å². The van der Waals surface area contributed by atoms with E-state index in [1.807, 2.05) is 6.92 Å². The third kappa shape index (κ3) is 1.69. The summed E-state index contributed by atoms with van der Waals surface area (Å²) in [6.45, 7) is 6.18. The number of benzene rings is 1. The van der Waals surface area contributed by atoms with Gasteiger partial charge in [0.05, 0.1) is 6.10 Å². The van der Waals surface area contributed by atoms with Crippen molar-refractivity contribution in [1.29, 1.82) is 0 Å². The van der Waals surface area contributed by atoms with Gasteiger partial charge in [-0.2, -0.15) is 0 Å². The molecule has 14 heavy (non-hydrogen) atoms. The molecule has 3 unspecified atom stereocenters. The number of aliphatic hydroxyl groups is 1. The number of aliphatic hydroxyl groups excluding tert-OH is 1. The highest BCUT2D eigenvalue weighted by atomic mass is 16.3. The Bertz CT molecular complexity index is 341. The molecule has 1 aliphatic rings. The van der Waals surface area contributed by atoms with E-state index in [1.54, 1.807) is 0 Å². The van der Waals surface area contributed by atoms with Crippen LogP contribution < -0.4 is 0 Å². The monoisotopic (exact) mass is 190 g/mol. The molecule has 1 N–H and O–H groups in total. The topological polar surface area (TPSA) is 20.2 Å². The SMILES string of the molecule is Cc1ccc(C2CC2C(C)O)cc1C. The van der Waals surface area contributed by atoms with Crippen molar-refractivity contribution in [2.24, 2.45) is 5.92 Å². The summed E-state index contributed by atoms with van der Waals surface area (Å²) in [6, 6.07) is 6.65. The van der Waals surface area contributed by atoms with Crippen molar-refractivity contribution in [3.05, 3.63) is 34.9 Å². The minimum Gasteiger partial charge on any atom is -0.393 e. The zero-order chi connectivity index (χ0) is 10.3. The molecular weight excluding hydrogens is 172 g/mol. The van der Waals surface area contributed by atoms with Gasteiger partial charge in [-0.25, -0.2) is 0 Å². The predicted molar refractivity (Wildman–Crippen MR) is 58.4 cm³/mol. The maximum Gasteiger partial charge on any atom is 0.0546 e. The summed E-state index contributed by atoms with van der Waals surface area (Å²) < 4.78 is 0. The van der Waals surface area contributed by atoms with Crippen LogP contribution in [0.25, 0.3) is 0 Å². The summed E-state index contributed by atoms with van der Waals surface area (Å²) in [6.07, 6.45) is 1.00. The molecular formula is C13H18O. The molecule has 0 bridgehead atoms. The average Bonchev–Trinajstić information content (AvgIpc) is 2.89. The lowest BCUT2D eigenvalue weighted by Crippen LogP contribution is -2.03. The minimum atomic E-state index is -0.151. The molecule has 1 saturated carbocycles. The van der Waals surface area contributed by atoms with Crippen LogP contribution in [-0.4, -0.2) is 11.2 Å². The predicted octanol–water partition coefficient (Wildman–Crippen LogP) is 2.79. The summed E-state index contributed by atoms with van der Waals surface area (Å²) in [5.74, 6) is 1.10. The van der Waals surface area contributed by atoms with E-state index in [1.165, 1.54) is 16.7 Å². The van der Waals surface area contributed by atoms with Gasteiger partial charge in [0.25, 0.3) is 0 Å². The molecule has 2 rings (SSSR count). The van der Waals surface area contributed by atoms with Crippen molar-refractivity contribution in [3.8, 4) is 0 Å². The Morgan fingerprint density at radius 2 is 2.00 bits per heavy atom. The van der Waals surface area contributed by atoms with Crippen molar-refractivity contribution in [2.75, 3.05) is 0 Å². The molecule has 1 nitrogen and oxygen atoms in total. The molecule has 0 spiro atoms. The zero-order valence-electron chi connectivity index (χ0n) is 9.12. The number of hydrogen-bond acceptors (Lipinski definition) is 1. The first-order chi connectivity index (χ1) is 6.59. The van der Waals surface area contributed by atoms with Crippen molar-refractivity contribution < 1.29 is 5.11 Å². The molecule has 0 saturated heterocycles. The number of rotatable bonds is 2. The van der Waals surface area contributed by atoms with Gasteiger partial charge in [-0.3, -0.25) is 0 Å². The summed E-state index contributed by atoms with van der Waals surface area (Å²) >= 11 is 0. The van der Waals surface area contributed by atoms with E-state index in [0.29, 0.717) is 11.8 Å². The van der Waals surface area contributed by atoms with Crippen molar-refractivity contribution >= 4 is 0 Å². The first-order valence-electron chi connectivity index (χ1n) is 5.35. The second-order valence-electron chi connectivity index (χ2n) is 4.59. The second kappa shape index (κ2) is 3.39. The van der Waals surface area contributed by atoms with Gasteiger partial charge in [0.15, 0.2) is 0 Å². The third-order valence-electron chi connectivity index (χ3n) is 3.42. The van der Waals surface area contributed by atoms with Crippen molar-refractivity contribution in [2.45, 2.75) is 39.2 Å². The lowest BCUT2D eigenvalue weighted by Gasteiger charge is -2.06. The van der Waals surface area contributed by atoms with Gasteiger partial charge in [0, 0.05) is 0 Å². The molecule has 3 atom stereocenters. The lowest BCUT2D eigenvalue weighted by atomic mass is 10.0. The fraction of sp³-hybridized carbons (Fsp3) is 0.538. The van der Waals surface area contributed by atoms with Gasteiger partial charge in [0.2, 0.25) is 0 Å². The Hall–Kier alpha value is -0.820. The van der Waals surface area contributed by atoms with E-state index in [0.717, 1.165) is 6.42 Å². The standard InChI is InChI=1S/C13H18O/c1-8-4-5-11(6-9(8)2)13-7-12(13)10(3)14/h4-6,10,12-14H,7H2,1-3H3. The van der Waals surface area contributed by atoms with E-state index >= 15 is 0 Å². The third-order valence-corrected chi connectivity index (χ3v) is 3.42. The molecule has 1 aromatic rings. The number of hydrogen-bond donors (Lipinski definition) is 1. The van der Waals surface area contributed by atoms with E-state index in [-0.39, 0.29) is 6.10 Å². The molecule has 0 aliphatic heterocycles. The van der Waals surface area contributed by atoms with Gasteiger partial charge in [-0.15, -0.1) is 0 Å².